The van der Waals surface area contributed by atoms with E-state index >= 15 is 0 Å². The molecule has 0 fully saturated rings. The fourth-order valence-electron chi connectivity index (χ4n) is 1.95. The number of nitrogens with two attached hydrogens (primary N) is 1. The Morgan fingerprint density at radius 2 is 1.81 bits per heavy atom. The average Bonchev–Trinajstić information content (AvgIpc) is 2.64. The van der Waals surface area contributed by atoms with Gasteiger partial charge in [-0.1, -0.05) is 23.8 Å². The standard InChI is InChI=1S/C14H17NO/c1-9-4-6-12(10(2)8-9)14(15)13-7-5-11(3)16-13/h4-8,14H,15H2,1-3H3. The normalized spacial score (nSPS) is 12.8. The molecule has 0 aliphatic carbocycles. The van der Waals surface area contributed by atoms with E-state index in [1.54, 1.807) is 0 Å². The lowest BCUT2D eigenvalue weighted by Crippen LogP contribution is -2.12. The topological polar surface area (TPSA) is 39.2 Å². The number of furan rings is 1. The molecule has 16 heavy (non-hydrogen) atoms. The van der Waals surface area contributed by atoms with Crippen molar-refractivity contribution in [2.24, 2.45) is 5.73 Å². The molecule has 2 nitrogen and oxygen atoms in total. The molecule has 1 heterocycles. The minimum absolute atomic E-state index is 0.172. The lowest BCUT2D eigenvalue weighted by Gasteiger charge is -2.13. The molecular weight excluding hydrogens is 198 g/mol. The van der Waals surface area contributed by atoms with Crippen molar-refractivity contribution >= 4 is 0 Å². The van der Waals surface area contributed by atoms with Gasteiger partial charge >= 0.3 is 0 Å². The molecule has 0 bridgehead atoms. The highest BCUT2D eigenvalue weighted by atomic mass is 16.3. The van der Waals surface area contributed by atoms with Crippen LogP contribution in [-0.4, -0.2) is 0 Å². The van der Waals surface area contributed by atoms with E-state index in [-0.39, 0.29) is 6.04 Å². The Hall–Kier alpha value is -1.54. The molecule has 1 atom stereocenters. The van der Waals surface area contributed by atoms with Gasteiger partial charge in [0, 0.05) is 0 Å². The molecule has 2 heteroatoms. The zero-order valence-corrected chi connectivity index (χ0v) is 9.95. The fraction of sp³-hybridized carbons (Fsp3) is 0.286. The second-order valence-corrected chi connectivity index (χ2v) is 4.29. The second-order valence-electron chi connectivity index (χ2n) is 4.29. The van der Waals surface area contributed by atoms with Gasteiger partial charge in [0.05, 0.1) is 6.04 Å². The number of benzene rings is 1. The molecule has 2 rings (SSSR count). The summed E-state index contributed by atoms with van der Waals surface area (Å²) in [4.78, 5) is 0. The molecule has 0 aliphatic heterocycles. The zero-order chi connectivity index (χ0) is 11.7. The van der Waals surface area contributed by atoms with Gasteiger partial charge in [0.25, 0.3) is 0 Å². The van der Waals surface area contributed by atoms with Gasteiger partial charge in [-0.05, 0) is 44.0 Å². The largest absolute Gasteiger partial charge is 0.464 e. The first-order valence-electron chi connectivity index (χ1n) is 5.47. The maximum absolute atomic E-state index is 6.19. The number of rotatable bonds is 2. The molecule has 0 radical (unpaired) electrons. The molecule has 84 valence electrons. The Bertz CT molecular complexity index is 499. The maximum atomic E-state index is 6.19. The molecule has 0 saturated carbocycles. The molecule has 2 aromatic rings. The van der Waals surface area contributed by atoms with Gasteiger partial charge in [-0.15, -0.1) is 0 Å². The van der Waals surface area contributed by atoms with Crippen molar-refractivity contribution in [2.75, 3.05) is 0 Å². The summed E-state index contributed by atoms with van der Waals surface area (Å²) < 4.78 is 5.56. The molecule has 1 unspecified atom stereocenters. The van der Waals surface area contributed by atoms with Crippen LogP contribution in [0.4, 0.5) is 0 Å². The van der Waals surface area contributed by atoms with Crippen molar-refractivity contribution in [1.29, 1.82) is 0 Å². The van der Waals surface area contributed by atoms with Gasteiger partial charge in [0.1, 0.15) is 11.5 Å². The molecular formula is C14H17NO. The van der Waals surface area contributed by atoms with Crippen LogP contribution in [0.15, 0.2) is 34.7 Å². The maximum Gasteiger partial charge on any atom is 0.125 e. The van der Waals surface area contributed by atoms with Crippen molar-refractivity contribution < 1.29 is 4.42 Å². The summed E-state index contributed by atoms with van der Waals surface area (Å²) >= 11 is 0. The van der Waals surface area contributed by atoms with E-state index in [0.29, 0.717) is 0 Å². The van der Waals surface area contributed by atoms with Gasteiger partial charge in [-0.25, -0.2) is 0 Å². The third-order valence-corrected chi connectivity index (χ3v) is 2.83. The first kappa shape index (κ1) is 11.0. The van der Waals surface area contributed by atoms with Crippen LogP contribution < -0.4 is 5.73 Å². The molecule has 0 amide bonds. The van der Waals surface area contributed by atoms with Crippen molar-refractivity contribution in [3.63, 3.8) is 0 Å². The highest BCUT2D eigenvalue weighted by Crippen LogP contribution is 2.24. The Kier molecular flexibility index (Phi) is 2.84. The lowest BCUT2D eigenvalue weighted by molar-refractivity contribution is 0.465. The van der Waals surface area contributed by atoms with Crippen LogP contribution in [0.5, 0.6) is 0 Å². The summed E-state index contributed by atoms with van der Waals surface area (Å²) in [6.45, 7) is 6.09. The van der Waals surface area contributed by atoms with E-state index < -0.39 is 0 Å². The van der Waals surface area contributed by atoms with E-state index in [1.165, 1.54) is 11.1 Å². The van der Waals surface area contributed by atoms with Gasteiger partial charge in [-0.2, -0.15) is 0 Å². The van der Waals surface area contributed by atoms with Crippen LogP contribution in [0.2, 0.25) is 0 Å². The van der Waals surface area contributed by atoms with Crippen LogP contribution in [0, 0.1) is 20.8 Å². The van der Waals surface area contributed by atoms with Crippen molar-refractivity contribution in [2.45, 2.75) is 26.8 Å². The third-order valence-electron chi connectivity index (χ3n) is 2.83. The van der Waals surface area contributed by atoms with Crippen LogP contribution in [0.1, 0.15) is 34.3 Å². The van der Waals surface area contributed by atoms with Crippen molar-refractivity contribution in [1.82, 2.24) is 0 Å². The van der Waals surface area contributed by atoms with Gasteiger partial charge in [0.15, 0.2) is 0 Å². The zero-order valence-electron chi connectivity index (χ0n) is 9.95. The summed E-state index contributed by atoms with van der Waals surface area (Å²) in [5.41, 5.74) is 9.78. The Morgan fingerprint density at radius 1 is 1.06 bits per heavy atom. The first-order chi connectivity index (χ1) is 7.58. The van der Waals surface area contributed by atoms with Crippen LogP contribution in [0.25, 0.3) is 0 Å². The minimum Gasteiger partial charge on any atom is -0.464 e. The summed E-state index contributed by atoms with van der Waals surface area (Å²) in [7, 11) is 0. The highest BCUT2D eigenvalue weighted by molar-refractivity contribution is 5.36. The molecule has 1 aromatic heterocycles. The van der Waals surface area contributed by atoms with E-state index in [4.69, 9.17) is 10.2 Å². The predicted octanol–water partition coefficient (Wildman–Crippen LogP) is 3.25. The Labute approximate surface area is 96.1 Å². The summed E-state index contributed by atoms with van der Waals surface area (Å²) in [6.07, 6.45) is 0. The summed E-state index contributed by atoms with van der Waals surface area (Å²) in [6, 6.07) is 10.0. The monoisotopic (exact) mass is 215 g/mol. The summed E-state index contributed by atoms with van der Waals surface area (Å²) in [5.74, 6) is 1.72. The quantitative estimate of drug-likeness (QED) is 0.835. The number of hydrogen-bond acceptors (Lipinski definition) is 2. The number of aryl methyl sites for hydroxylation is 3. The predicted molar refractivity (Wildman–Crippen MR) is 65.4 cm³/mol. The molecule has 0 aliphatic rings. The molecule has 2 N–H and O–H groups in total. The van der Waals surface area contributed by atoms with Gasteiger partial charge in [-0.3, -0.25) is 0 Å². The van der Waals surface area contributed by atoms with Crippen LogP contribution in [0.3, 0.4) is 0 Å². The van der Waals surface area contributed by atoms with Crippen molar-refractivity contribution in [3.8, 4) is 0 Å². The van der Waals surface area contributed by atoms with E-state index in [1.807, 2.05) is 19.1 Å². The third kappa shape index (κ3) is 2.02. The van der Waals surface area contributed by atoms with E-state index in [2.05, 4.69) is 32.0 Å². The van der Waals surface area contributed by atoms with Crippen molar-refractivity contribution in [3.05, 3.63) is 58.5 Å². The fourth-order valence-corrected chi connectivity index (χ4v) is 1.95. The first-order valence-corrected chi connectivity index (χ1v) is 5.47. The number of hydrogen-bond donors (Lipinski definition) is 1. The average molecular weight is 215 g/mol. The van der Waals surface area contributed by atoms with Crippen LogP contribution >= 0.6 is 0 Å². The smallest absolute Gasteiger partial charge is 0.125 e. The van der Waals surface area contributed by atoms with Crippen LogP contribution in [-0.2, 0) is 0 Å². The molecule has 1 aromatic carbocycles. The summed E-state index contributed by atoms with van der Waals surface area (Å²) in [5, 5.41) is 0. The van der Waals surface area contributed by atoms with E-state index in [0.717, 1.165) is 17.1 Å². The Morgan fingerprint density at radius 3 is 2.38 bits per heavy atom. The highest BCUT2D eigenvalue weighted by Gasteiger charge is 2.14. The van der Waals surface area contributed by atoms with Gasteiger partial charge < -0.3 is 10.2 Å². The second kappa shape index (κ2) is 4.14. The van der Waals surface area contributed by atoms with E-state index in [9.17, 15) is 0 Å². The Balaban J connectivity index is 2.37. The minimum atomic E-state index is -0.172. The lowest BCUT2D eigenvalue weighted by atomic mass is 9.98. The SMILES string of the molecule is Cc1ccc(C(N)c2ccc(C)o2)c(C)c1. The van der Waals surface area contributed by atoms with Gasteiger partial charge in [0.2, 0.25) is 0 Å². The molecule has 0 spiro atoms. The molecule has 0 saturated heterocycles.